The Hall–Kier alpha value is -2.93. The van der Waals surface area contributed by atoms with Gasteiger partial charge < -0.3 is 9.05 Å². The van der Waals surface area contributed by atoms with Gasteiger partial charge in [0.05, 0.1) is 15.5 Å². The molecule has 1 atom stereocenters. The van der Waals surface area contributed by atoms with Crippen LogP contribution in [-0.2, 0) is 4.57 Å². The molecular formula is C16H17N2O7P. The lowest BCUT2D eigenvalue weighted by Gasteiger charge is -2.24. The van der Waals surface area contributed by atoms with Crippen LogP contribution in [0.1, 0.15) is 20.3 Å². The van der Waals surface area contributed by atoms with Crippen LogP contribution in [-0.4, -0.2) is 15.5 Å². The molecule has 0 saturated heterocycles. The van der Waals surface area contributed by atoms with Crippen LogP contribution in [0.4, 0.5) is 11.4 Å². The highest BCUT2D eigenvalue weighted by molar-refractivity contribution is 7.55. The lowest BCUT2D eigenvalue weighted by atomic mass is 10.3. The van der Waals surface area contributed by atoms with Gasteiger partial charge in [0.25, 0.3) is 0 Å². The average molecular weight is 380 g/mol. The third kappa shape index (κ3) is 4.18. The molecule has 2 rings (SSSR count). The molecule has 0 N–H and O–H groups in total. The van der Waals surface area contributed by atoms with Gasteiger partial charge in [0.2, 0.25) is 11.5 Å². The predicted octanol–water partition coefficient (Wildman–Crippen LogP) is 4.95. The van der Waals surface area contributed by atoms with E-state index in [4.69, 9.17) is 9.05 Å². The van der Waals surface area contributed by atoms with Gasteiger partial charge in [-0.3, -0.25) is 20.2 Å². The average Bonchev–Trinajstić information content (AvgIpc) is 2.61. The van der Waals surface area contributed by atoms with Crippen molar-refractivity contribution in [3.8, 4) is 11.5 Å². The highest BCUT2D eigenvalue weighted by atomic mass is 31.2. The highest BCUT2D eigenvalue weighted by Gasteiger charge is 2.38. The van der Waals surface area contributed by atoms with E-state index in [1.807, 2.05) is 0 Å². The minimum absolute atomic E-state index is 0.222. The van der Waals surface area contributed by atoms with Crippen molar-refractivity contribution in [1.82, 2.24) is 0 Å². The molecule has 0 aliphatic carbocycles. The molecule has 0 aromatic heterocycles. The van der Waals surface area contributed by atoms with Crippen molar-refractivity contribution in [2.24, 2.45) is 0 Å². The first-order valence-corrected chi connectivity index (χ1v) is 9.35. The monoisotopic (exact) mass is 380 g/mol. The Morgan fingerprint density at radius 1 is 0.923 bits per heavy atom. The van der Waals surface area contributed by atoms with Crippen LogP contribution in [0.2, 0.25) is 0 Å². The first-order valence-electron chi connectivity index (χ1n) is 7.74. The molecule has 0 bridgehead atoms. The third-order valence-corrected chi connectivity index (χ3v) is 6.05. The molecule has 26 heavy (non-hydrogen) atoms. The molecule has 10 heteroatoms. The largest absolute Gasteiger partial charge is 0.433 e. The van der Waals surface area contributed by atoms with E-state index in [2.05, 4.69) is 0 Å². The van der Waals surface area contributed by atoms with Gasteiger partial charge in [-0.2, -0.15) is 0 Å². The van der Waals surface area contributed by atoms with Crippen LogP contribution in [0.25, 0.3) is 0 Å². The second-order valence-electron chi connectivity index (χ2n) is 5.43. The molecule has 0 radical (unpaired) electrons. The van der Waals surface area contributed by atoms with Crippen LogP contribution in [0, 0.1) is 20.2 Å². The van der Waals surface area contributed by atoms with Gasteiger partial charge in [0.1, 0.15) is 0 Å². The maximum absolute atomic E-state index is 13.3. The van der Waals surface area contributed by atoms with Crippen LogP contribution < -0.4 is 9.05 Å². The number of nitrogens with zero attached hydrogens (tertiary/aromatic N) is 2. The smallest absolute Gasteiger partial charge is 0.408 e. The summed E-state index contributed by atoms with van der Waals surface area (Å²) in [6.45, 7) is 3.33. The highest BCUT2D eigenvalue weighted by Crippen LogP contribution is 2.56. The van der Waals surface area contributed by atoms with Gasteiger partial charge in [-0.15, -0.1) is 0 Å². The molecule has 1 unspecified atom stereocenters. The molecule has 0 aliphatic rings. The summed E-state index contributed by atoms with van der Waals surface area (Å²) in [6.07, 6.45) is 0.374. The quantitative estimate of drug-likeness (QED) is 0.360. The molecule has 0 aliphatic heterocycles. The Kier molecular flexibility index (Phi) is 5.94. The first-order chi connectivity index (χ1) is 12.3. The van der Waals surface area contributed by atoms with Crippen molar-refractivity contribution >= 4 is 19.0 Å². The normalized spacial score (nSPS) is 12.2. The first kappa shape index (κ1) is 19.4. The van der Waals surface area contributed by atoms with Crippen LogP contribution in [0.5, 0.6) is 11.5 Å². The molecule has 0 amide bonds. The SMILES string of the molecule is CCC(C)P(=O)(Oc1ccccc1[N+](=O)[O-])Oc1ccccc1[N+](=O)[O-]. The van der Waals surface area contributed by atoms with Crippen molar-refractivity contribution in [3.63, 3.8) is 0 Å². The maximum Gasteiger partial charge on any atom is 0.433 e. The summed E-state index contributed by atoms with van der Waals surface area (Å²) in [7, 11) is -4.00. The number of nitro benzene ring substituents is 2. The van der Waals surface area contributed by atoms with E-state index in [-0.39, 0.29) is 22.9 Å². The number of rotatable bonds is 8. The summed E-state index contributed by atoms with van der Waals surface area (Å²) >= 11 is 0. The Bertz CT molecular complexity index is 808. The number of benzene rings is 2. The summed E-state index contributed by atoms with van der Waals surface area (Å²) in [6, 6.07) is 10.9. The van der Waals surface area contributed by atoms with Crippen molar-refractivity contribution in [2.75, 3.05) is 0 Å². The zero-order chi connectivity index (χ0) is 19.3. The summed E-state index contributed by atoms with van der Waals surface area (Å²) in [4.78, 5) is 21.0. The predicted molar refractivity (Wildman–Crippen MR) is 94.8 cm³/mol. The molecule has 2 aromatic carbocycles. The molecule has 2 aromatic rings. The summed E-state index contributed by atoms with van der Waals surface area (Å²) < 4.78 is 24.3. The molecule has 0 saturated carbocycles. The fraction of sp³-hybridized carbons (Fsp3) is 0.250. The molecule has 138 valence electrons. The molecule has 9 nitrogen and oxygen atoms in total. The number of hydrogen-bond acceptors (Lipinski definition) is 7. The summed E-state index contributed by atoms with van der Waals surface area (Å²) in [5.74, 6) is -0.445. The summed E-state index contributed by atoms with van der Waals surface area (Å²) in [5, 5.41) is 22.3. The molecular weight excluding hydrogens is 363 g/mol. The molecule has 0 spiro atoms. The van der Waals surface area contributed by atoms with E-state index in [0.29, 0.717) is 6.42 Å². The molecule has 0 heterocycles. The Labute approximate surface area is 149 Å². The van der Waals surface area contributed by atoms with Crippen molar-refractivity contribution in [1.29, 1.82) is 0 Å². The van der Waals surface area contributed by atoms with E-state index in [0.717, 1.165) is 0 Å². The maximum atomic E-state index is 13.3. The van der Waals surface area contributed by atoms with E-state index in [1.165, 1.54) is 48.5 Å². The molecule has 0 fully saturated rings. The van der Waals surface area contributed by atoms with Gasteiger partial charge in [-0.05, 0) is 25.5 Å². The standard InChI is InChI=1S/C16H17N2O7P/c1-3-12(2)26(23,24-15-10-6-4-8-13(15)17(19)20)25-16-11-7-5-9-14(16)18(21)22/h4-12H,3H2,1-2H3. The zero-order valence-electron chi connectivity index (χ0n) is 14.1. The Morgan fingerprint density at radius 2 is 1.31 bits per heavy atom. The second-order valence-corrected chi connectivity index (χ2v) is 7.76. The van der Waals surface area contributed by atoms with Gasteiger partial charge in [0, 0.05) is 12.1 Å². The van der Waals surface area contributed by atoms with Gasteiger partial charge >= 0.3 is 19.0 Å². The van der Waals surface area contributed by atoms with Gasteiger partial charge in [-0.25, -0.2) is 4.57 Å². The Balaban J connectivity index is 2.46. The van der Waals surface area contributed by atoms with Gasteiger partial charge in [0.15, 0.2) is 0 Å². The Morgan fingerprint density at radius 3 is 1.65 bits per heavy atom. The third-order valence-electron chi connectivity index (χ3n) is 3.71. The van der Waals surface area contributed by atoms with E-state index in [1.54, 1.807) is 13.8 Å². The minimum atomic E-state index is -4.00. The number of hydrogen-bond donors (Lipinski definition) is 0. The lowest BCUT2D eigenvalue weighted by Crippen LogP contribution is -2.14. The van der Waals surface area contributed by atoms with Crippen LogP contribution in [0.3, 0.4) is 0 Å². The van der Waals surface area contributed by atoms with Crippen LogP contribution in [0.15, 0.2) is 48.5 Å². The number of para-hydroxylation sites is 4. The zero-order valence-corrected chi connectivity index (χ0v) is 15.0. The van der Waals surface area contributed by atoms with Crippen molar-refractivity contribution < 1.29 is 23.5 Å². The topological polar surface area (TPSA) is 122 Å². The minimum Gasteiger partial charge on any atom is -0.408 e. The lowest BCUT2D eigenvalue weighted by molar-refractivity contribution is -0.385. The number of nitro groups is 2. The van der Waals surface area contributed by atoms with Gasteiger partial charge in [-0.1, -0.05) is 31.2 Å². The van der Waals surface area contributed by atoms with Crippen molar-refractivity contribution in [2.45, 2.75) is 25.9 Å². The fourth-order valence-corrected chi connectivity index (χ4v) is 3.77. The van der Waals surface area contributed by atoms with Crippen molar-refractivity contribution in [3.05, 3.63) is 68.8 Å². The van der Waals surface area contributed by atoms with Crippen LogP contribution >= 0.6 is 7.60 Å². The van der Waals surface area contributed by atoms with E-state index < -0.39 is 23.1 Å². The summed E-state index contributed by atoms with van der Waals surface area (Å²) in [5.41, 5.74) is -1.40. The van der Waals surface area contributed by atoms with E-state index in [9.17, 15) is 24.8 Å². The fourth-order valence-electron chi connectivity index (χ4n) is 2.07. The second kappa shape index (κ2) is 7.97. The van der Waals surface area contributed by atoms with E-state index >= 15 is 0 Å².